The maximum Gasteiger partial charge on any atom is 0.276 e. The highest BCUT2D eigenvalue weighted by molar-refractivity contribution is 6.17. The number of aromatic nitrogens is 2. The summed E-state index contributed by atoms with van der Waals surface area (Å²) >= 11 is 0. The number of likely N-dealkylation sites (N-methyl/N-ethyl adjacent to an activating group) is 1. The summed E-state index contributed by atoms with van der Waals surface area (Å²) in [6.07, 6.45) is 1.62. The number of nitrogens with zero attached hydrogens (tertiary/aromatic N) is 5. The van der Waals surface area contributed by atoms with Crippen molar-refractivity contribution in [1.82, 2.24) is 19.6 Å². The lowest BCUT2D eigenvalue weighted by Crippen LogP contribution is -2.53. The molecule has 0 aliphatic carbocycles. The second-order valence-electron chi connectivity index (χ2n) is 7.48. The van der Waals surface area contributed by atoms with Crippen molar-refractivity contribution in [2.45, 2.75) is 26.4 Å². The van der Waals surface area contributed by atoms with Gasteiger partial charge < -0.3 is 10.2 Å². The quantitative estimate of drug-likeness (QED) is 0.876. The molecule has 2 aliphatic heterocycles. The number of aryl methyl sites for hydroxylation is 1. The van der Waals surface area contributed by atoms with Gasteiger partial charge in [-0.05, 0) is 33.0 Å². The standard InChI is InChI=1S/C20H26N6O2/c1-4-25-19-17(11-21-25)26(16-8-6-5-7-15(16)22-20(19)28)18(27)13-24-10-9-23(3)12-14(24)2/h5-8,11,14H,4,9-10,12-13H2,1-3H3,(H,22,28). The molecule has 0 spiro atoms. The molecule has 1 unspecified atom stereocenters. The van der Waals surface area contributed by atoms with Gasteiger partial charge >= 0.3 is 0 Å². The van der Waals surface area contributed by atoms with Crippen LogP contribution >= 0.6 is 0 Å². The Labute approximate surface area is 164 Å². The van der Waals surface area contributed by atoms with Gasteiger partial charge in [-0.1, -0.05) is 12.1 Å². The molecule has 1 saturated heterocycles. The minimum atomic E-state index is -0.245. The molecular weight excluding hydrogens is 356 g/mol. The number of fused-ring (bicyclic) bond motifs is 2. The van der Waals surface area contributed by atoms with Crippen LogP contribution in [-0.4, -0.2) is 70.7 Å². The average molecular weight is 382 g/mol. The van der Waals surface area contributed by atoms with E-state index in [-0.39, 0.29) is 11.8 Å². The first-order chi connectivity index (χ1) is 13.5. The summed E-state index contributed by atoms with van der Waals surface area (Å²) < 4.78 is 1.63. The summed E-state index contributed by atoms with van der Waals surface area (Å²) in [7, 11) is 2.10. The van der Waals surface area contributed by atoms with E-state index in [1.54, 1.807) is 15.8 Å². The van der Waals surface area contributed by atoms with Gasteiger partial charge in [0, 0.05) is 32.2 Å². The highest BCUT2D eigenvalue weighted by Crippen LogP contribution is 2.37. The predicted octanol–water partition coefficient (Wildman–Crippen LogP) is 1.77. The van der Waals surface area contributed by atoms with Crippen LogP contribution in [0.4, 0.5) is 17.1 Å². The predicted molar refractivity (Wildman–Crippen MR) is 108 cm³/mol. The zero-order chi connectivity index (χ0) is 19.8. The summed E-state index contributed by atoms with van der Waals surface area (Å²) in [5.74, 6) is -0.303. The van der Waals surface area contributed by atoms with Gasteiger partial charge in [0.25, 0.3) is 5.91 Å². The first kappa shape index (κ1) is 18.6. The fourth-order valence-electron chi connectivity index (χ4n) is 4.02. The minimum Gasteiger partial charge on any atom is -0.319 e. The molecule has 2 aliphatic rings. The molecule has 8 nitrogen and oxygen atoms in total. The molecule has 1 aromatic heterocycles. The smallest absolute Gasteiger partial charge is 0.276 e. The van der Waals surface area contributed by atoms with Crippen LogP contribution < -0.4 is 10.2 Å². The second-order valence-corrected chi connectivity index (χ2v) is 7.48. The molecule has 1 aromatic carbocycles. The molecule has 0 radical (unpaired) electrons. The van der Waals surface area contributed by atoms with Gasteiger partial charge in [-0.2, -0.15) is 5.10 Å². The SMILES string of the molecule is CCn1ncc2c1C(=O)Nc1ccccc1N2C(=O)CN1CCN(C)CC1C. The Morgan fingerprint density at radius 1 is 1.25 bits per heavy atom. The van der Waals surface area contributed by atoms with E-state index in [9.17, 15) is 9.59 Å². The van der Waals surface area contributed by atoms with Crippen LogP contribution in [0.2, 0.25) is 0 Å². The second kappa shape index (κ2) is 7.37. The Morgan fingerprint density at radius 3 is 2.79 bits per heavy atom. The number of hydrogen-bond donors (Lipinski definition) is 1. The third-order valence-corrected chi connectivity index (χ3v) is 5.52. The summed E-state index contributed by atoms with van der Waals surface area (Å²) in [5.41, 5.74) is 2.26. The monoisotopic (exact) mass is 382 g/mol. The Balaban J connectivity index is 1.73. The van der Waals surface area contributed by atoms with Crippen molar-refractivity contribution >= 4 is 28.9 Å². The Bertz CT molecular complexity index is 908. The highest BCUT2D eigenvalue weighted by Gasteiger charge is 2.34. The van der Waals surface area contributed by atoms with Gasteiger partial charge in [-0.15, -0.1) is 0 Å². The van der Waals surface area contributed by atoms with E-state index in [0.717, 1.165) is 19.6 Å². The number of carbonyl (C=O) groups is 2. The topological polar surface area (TPSA) is 73.7 Å². The molecular formula is C20H26N6O2. The van der Waals surface area contributed by atoms with Gasteiger partial charge in [-0.25, -0.2) is 0 Å². The van der Waals surface area contributed by atoms with Crippen LogP contribution in [0.3, 0.4) is 0 Å². The van der Waals surface area contributed by atoms with Crippen LogP contribution in [0.15, 0.2) is 30.5 Å². The van der Waals surface area contributed by atoms with Crippen molar-refractivity contribution in [1.29, 1.82) is 0 Å². The van der Waals surface area contributed by atoms with E-state index < -0.39 is 0 Å². The molecule has 3 heterocycles. The first-order valence-electron chi connectivity index (χ1n) is 9.71. The molecule has 0 bridgehead atoms. The third-order valence-electron chi connectivity index (χ3n) is 5.52. The first-order valence-corrected chi connectivity index (χ1v) is 9.71. The van der Waals surface area contributed by atoms with E-state index in [1.807, 2.05) is 31.2 Å². The van der Waals surface area contributed by atoms with Crippen molar-refractivity contribution in [3.05, 3.63) is 36.2 Å². The lowest BCUT2D eigenvalue weighted by Gasteiger charge is -2.38. The molecule has 8 heteroatoms. The number of piperazine rings is 1. The average Bonchev–Trinajstić information content (AvgIpc) is 3.04. The number of rotatable bonds is 3. The number of benzene rings is 1. The lowest BCUT2D eigenvalue weighted by molar-refractivity contribution is -0.120. The molecule has 148 valence electrons. The molecule has 2 amide bonds. The van der Waals surface area contributed by atoms with E-state index in [2.05, 4.69) is 34.2 Å². The zero-order valence-electron chi connectivity index (χ0n) is 16.6. The van der Waals surface area contributed by atoms with E-state index >= 15 is 0 Å². The number of carbonyl (C=O) groups excluding carboxylic acids is 2. The maximum atomic E-state index is 13.5. The van der Waals surface area contributed by atoms with Gasteiger partial charge in [0.05, 0.1) is 24.1 Å². The van der Waals surface area contributed by atoms with E-state index in [1.165, 1.54) is 0 Å². The van der Waals surface area contributed by atoms with Crippen LogP contribution in [-0.2, 0) is 11.3 Å². The third kappa shape index (κ3) is 3.18. The van der Waals surface area contributed by atoms with Crippen molar-refractivity contribution in [3.63, 3.8) is 0 Å². The van der Waals surface area contributed by atoms with Gasteiger partial charge in [0.2, 0.25) is 5.91 Å². The fraction of sp³-hybridized carbons (Fsp3) is 0.450. The highest BCUT2D eigenvalue weighted by atomic mass is 16.2. The van der Waals surface area contributed by atoms with E-state index in [4.69, 9.17) is 0 Å². The largest absolute Gasteiger partial charge is 0.319 e. The van der Waals surface area contributed by atoms with Crippen molar-refractivity contribution < 1.29 is 9.59 Å². The molecule has 1 fully saturated rings. The molecule has 2 aromatic rings. The van der Waals surface area contributed by atoms with Crippen LogP contribution in [0.5, 0.6) is 0 Å². The van der Waals surface area contributed by atoms with E-state index in [0.29, 0.717) is 41.9 Å². The molecule has 4 rings (SSSR count). The number of hydrogen-bond acceptors (Lipinski definition) is 5. The van der Waals surface area contributed by atoms with Crippen LogP contribution in [0.1, 0.15) is 24.3 Å². The Kier molecular flexibility index (Phi) is 4.91. The van der Waals surface area contributed by atoms with Crippen LogP contribution in [0, 0.1) is 0 Å². The summed E-state index contributed by atoms with van der Waals surface area (Å²) in [6.45, 7) is 7.64. The number of nitrogens with one attached hydrogen (secondary N) is 1. The molecule has 1 atom stereocenters. The molecule has 28 heavy (non-hydrogen) atoms. The van der Waals surface area contributed by atoms with Crippen LogP contribution in [0.25, 0.3) is 0 Å². The Hall–Kier alpha value is -2.71. The number of anilines is 3. The molecule has 0 saturated carbocycles. The summed E-state index contributed by atoms with van der Waals surface area (Å²) in [4.78, 5) is 32.4. The fourth-order valence-corrected chi connectivity index (χ4v) is 4.02. The van der Waals surface area contributed by atoms with Crippen molar-refractivity contribution in [2.24, 2.45) is 0 Å². The minimum absolute atomic E-state index is 0.0581. The number of para-hydroxylation sites is 2. The zero-order valence-corrected chi connectivity index (χ0v) is 16.6. The van der Waals surface area contributed by atoms with Gasteiger partial charge in [-0.3, -0.25) is 24.1 Å². The van der Waals surface area contributed by atoms with Gasteiger partial charge in [0.15, 0.2) is 5.69 Å². The van der Waals surface area contributed by atoms with Crippen molar-refractivity contribution in [2.75, 3.05) is 43.4 Å². The molecule has 1 N–H and O–H groups in total. The van der Waals surface area contributed by atoms with Crippen molar-refractivity contribution in [3.8, 4) is 0 Å². The normalized spacial score (nSPS) is 20.3. The maximum absolute atomic E-state index is 13.5. The summed E-state index contributed by atoms with van der Waals surface area (Å²) in [6, 6.07) is 7.70. The summed E-state index contributed by atoms with van der Waals surface area (Å²) in [5, 5.41) is 7.26. The lowest BCUT2D eigenvalue weighted by atomic mass is 10.2. The van der Waals surface area contributed by atoms with Gasteiger partial charge in [0.1, 0.15) is 5.69 Å². The number of amides is 2. The Morgan fingerprint density at radius 2 is 2.04 bits per heavy atom.